The summed E-state index contributed by atoms with van der Waals surface area (Å²) in [6.07, 6.45) is 4.18. The molecule has 2 heterocycles. The second-order valence-corrected chi connectivity index (χ2v) is 5.59. The number of aryl methyl sites for hydroxylation is 1. The van der Waals surface area contributed by atoms with E-state index in [4.69, 9.17) is 0 Å². The van der Waals surface area contributed by atoms with E-state index in [2.05, 4.69) is 36.1 Å². The number of nitrogens with zero attached hydrogens (tertiary/aromatic N) is 5. The Hall–Kier alpha value is -2.61. The molecule has 2 aromatic heterocycles. The zero-order valence-electron chi connectivity index (χ0n) is 12.1. The van der Waals surface area contributed by atoms with Crippen LogP contribution in [0.1, 0.15) is 17.4 Å². The monoisotopic (exact) mass is 373 g/mol. The van der Waals surface area contributed by atoms with Crippen LogP contribution in [0.4, 0.5) is 5.69 Å². The molecule has 0 radical (unpaired) electrons. The molecule has 0 fully saturated rings. The fourth-order valence-electron chi connectivity index (χ4n) is 2.27. The summed E-state index contributed by atoms with van der Waals surface area (Å²) in [7, 11) is 0. The highest BCUT2D eigenvalue weighted by Crippen LogP contribution is 2.40. The number of benzene rings is 1. The van der Waals surface area contributed by atoms with E-state index < -0.39 is 5.91 Å². The summed E-state index contributed by atoms with van der Waals surface area (Å²) >= 11 is 3.39. The van der Waals surface area contributed by atoms with Gasteiger partial charge in [-0.1, -0.05) is 15.9 Å². The average Bonchev–Trinajstić information content (AvgIpc) is 2.83. The smallest absolute Gasteiger partial charge is 0.315 e. The molecule has 23 heavy (non-hydrogen) atoms. The van der Waals surface area contributed by atoms with E-state index in [1.165, 1.54) is 18.6 Å². The molecule has 0 unspecified atom stereocenters. The molecule has 7 nitrogen and oxygen atoms in total. The normalized spacial score (nSPS) is 11.4. The third kappa shape index (κ3) is 2.85. The summed E-state index contributed by atoms with van der Waals surface area (Å²) in [6, 6.07) is 5.56. The summed E-state index contributed by atoms with van der Waals surface area (Å²) < 4.78 is 2.54. The first-order chi connectivity index (χ1) is 11.1. The molecular weight excluding hydrogens is 362 g/mol. The minimum Gasteiger partial charge on any atom is -0.493 e. The molecule has 0 bridgehead atoms. The van der Waals surface area contributed by atoms with Crippen LogP contribution in [0.2, 0.25) is 0 Å². The minimum atomic E-state index is -0.620. The number of rotatable bonds is 3. The molecule has 0 aliphatic carbocycles. The van der Waals surface area contributed by atoms with Gasteiger partial charge in [0.05, 0.1) is 11.7 Å². The van der Waals surface area contributed by atoms with Crippen molar-refractivity contribution >= 4 is 38.4 Å². The van der Waals surface area contributed by atoms with Gasteiger partial charge in [-0.3, -0.25) is 9.78 Å². The lowest BCUT2D eigenvalue weighted by Crippen LogP contribution is -1.97. The number of hydrogen-bond acceptors (Lipinski definition) is 5. The number of halogens is 1. The summed E-state index contributed by atoms with van der Waals surface area (Å²) in [5.41, 5.74) is 1.16. The topological polar surface area (TPSA) is 92.7 Å². The van der Waals surface area contributed by atoms with Gasteiger partial charge in [0.15, 0.2) is 5.69 Å². The predicted molar refractivity (Wildman–Crippen MR) is 87.9 cm³/mol. The van der Waals surface area contributed by atoms with Gasteiger partial charge >= 0.3 is 5.91 Å². The number of fused-ring (bicyclic) bond motifs is 1. The molecule has 116 valence electrons. The minimum absolute atomic E-state index is 0.0312. The van der Waals surface area contributed by atoms with Gasteiger partial charge in [0.1, 0.15) is 5.69 Å². The quantitative estimate of drug-likeness (QED) is 0.705. The summed E-state index contributed by atoms with van der Waals surface area (Å²) in [5, 5.41) is 18.6. The molecule has 8 heteroatoms. The van der Waals surface area contributed by atoms with Crippen LogP contribution < -0.4 is 0 Å². The third-order valence-electron chi connectivity index (χ3n) is 3.31. The van der Waals surface area contributed by atoms with Gasteiger partial charge in [-0.15, -0.1) is 10.2 Å². The number of carbonyl (C=O) groups excluding carboxylic acids is 1. The predicted octanol–water partition coefficient (Wildman–Crippen LogP) is 3.84. The third-order valence-corrected chi connectivity index (χ3v) is 3.80. The first kappa shape index (κ1) is 15.3. The Morgan fingerprint density at radius 3 is 2.91 bits per heavy atom. The average molecular weight is 374 g/mol. The number of amides is 1. The Morgan fingerprint density at radius 1 is 1.39 bits per heavy atom. The lowest BCUT2D eigenvalue weighted by atomic mass is 10.2. The molecule has 1 N–H and O–H groups in total. The largest absolute Gasteiger partial charge is 0.493 e. The molecule has 0 aliphatic rings. The van der Waals surface area contributed by atoms with E-state index >= 15 is 0 Å². The van der Waals surface area contributed by atoms with E-state index in [0.29, 0.717) is 11.9 Å². The number of azo groups is 1. The van der Waals surface area contributed by atoms with Gasteiger partial charge in [0.2, 0.25) is 5.88 Å². The molecule has 0 aliphatic heterocycles. The number of carbonyl (C=O) groups is 1. The fourth-order valence-corrected chi connectivity index (χ4v) is 2.63. The molecule has 1 aromatic carbocycles. The molecule has 3 rings (SSSR count). The van der Waals surface area contributed by atoms with Crippen LogP contribution in [0, 0.1) is 0 Å². The Labute approximate surface area is 139 Å². The van der Waals surface area contributed by atoms with Crippen LogP contribution in [-0.2, 0) is 6.54 Å². The standard InChI is InChI=1S/C15H12BrN5O2/c1-2-21-12-4-3-9(16)7-10(12)13(15(21)23)19-20-14(22)11-8-17-5-6-18-11/h3-8,23H,2H2,1H3. The lowest BCUT2D eigenvalue weighted by molar-refractivity contribution is 0.0990. The summed E-state index contributed by atoms with van der Waals surface area (Å²) in [4.78, 5) is 19.6. The summed E-state index contributed by atoms with van der Waals surface area (Å²) in [5.74, 6) is -0.652. The van der Waals surface area contributed by atoms with Crippen LogP contribution in [0.3, 0.4) is 0 Å². The van der Waals surface area contributed by atoms with Crippen LogP contribution in [0.15, 0.2) is 51.5 Å². The second-order valence-electron chi connectivity index (χ2n) is 4.67. The Morgan fingerprint density at radius 2 is 2.22 bits per heavy atom. The fraction of sp³-hybridized carbons (Fsp3) is 0.133. The van der Waals surface area contributed by atoms with Crippen molar-refractivity contribution in [1.82, 2.24) is 14.5 Å². The maximum Gasteiger partial charge on any atom is 0.315 e. The van der Waals surface area contributed by atoms with Crippen LogP contribution in [0.5, 0.6) is 5.88 Å². The van der Waals surface area contributed by atoms with E-state index in [-0.39, 0.29) is 17.3 Å². The second kappa shape index (κ2) is 6.25. The van der Waals surface area contributed by atoms with E-state index in [1.54, 1.807) is 4.57 Å². The molecule has 0 spiro atoms. The molecule has 0 saturated heterocycles. The Balaban J connectivity index is 2.06. The van der Waals surface area contributed by atoms with Gasteiger partial charge in [-0.05, 0) is 25.1 Å². The number of aromatic nitrogens is 3. The van der Waals surface area contributed by atoms with Crippen molar-refractivity contribution in [3.63, 3.8) is 0 Å². The highest BCUT2D eigenvalue weighted by atomic mass is 79.9. The SMILES string of the molecule is CCn1c(O)c(N=NC(=O)c2cnccn2)c2cc(Br)ccc21. The molecule has 0 saturated carbocycles. The van der Waals surface area contributed by atoms with Crippen molar-refractivity contribution < 1.29 is 9.90 Å². The highest BCUT2D eigenvalue weighted by Gasteiger charge is 2.16. The Bertz CT molecular complexity index is 905. The van der Waals surface area contributed by atoms with Gasteiger partial charge in [0.25, 0.3) is 0 Å². The van der Waals surface area contributed by atoms with E-state index in [0.717, 1.165) is 9.99 Å². The van der Waals surface area contributed by atoms with Crippen molar-refractivity contribution in [2.75, 3.05) is 0 Å². The van der Waals surface area contributed by atoms with Crippen LogP contribution >= 0.6 is 15.9 Å². The molecular formula is C15H12BrN5O2. The van der Waals surface area contributed by atoms with Crippen molar-refractivity contribution in [1.29, 1.82) is 0 Å². The van der Waals surface area contributed by atoms with Crippen LogP contribution in [-0.4, -0.2) is 25.5 Å². The molecule has 0 atom stereocenters. The van der Waals surface area contributed by atoms with E-state index in [9.17, 15) is 9.90 Å². The first-order valence-electron chi connectivity index (χ1n) is 6.84. The van der Waals surface area contributed by atoms with Gasteiger partial charge in [-0.2, -0.15) is 0 Å². The Kier molecular flexibility index (Phi) is 4.16. The maximum absolute atomic E-state index is 11.9. The number of aromatic hydroxyl groups is 1. The first-order valence-corrected chi connectivity index (χ1v) is 7.64. The van der Waals surface area contributed by atoms with Gasteiger partial charge in [-0.25, -0.2) is 4.98 Å². The highest BCUT2D eigenvalue weighted by molar-refractivity contribution is 9.10. The molecule has 3 aromatic rings. The van der Waals surface area contributed by atoms with Gasteiger partial charge < -0.3 is 9.67 Å². The molecule has 1 amide bonds. The van der Waals surface area contributed by atoms with Crippen molar-refractivity contribution in [3.8, 4) is 5.88 Å². The van der Waals surface area contributed by atoms with Crippen molar-refractivity contribution in [2.24, 2.45) is 10.2 Å². The van der Waals surface area contributed by atoms with Crippen molar-refractivity contribution in [2.45, 2.75) is 13.5 Å². The van der Waals surface area contributed by atoms with Crippen molar-refractivity contribution in [3.05, 3.63) is 47.0 Å². The van der Waals surface area contributed by atoms with Crippen LogP contribution in [0.25, 0.3) is 10.9 Å². The van der Waals surface area contributed by atoms with E-state index in [1.807, 2.05) is 25.1 Å². The summed E-state index contributed by atoms with van der Waals surface area (Å²) in [6.45, 7) is 2.48. The lowest BCUT2D eigenvalue weighted by Gasteiger charge is -2.01. The zero-order chi connectivity index (χ0) is 16.4. The zero-order valence-corrected chi connectivity index (χ0v) is 13.7. The number of hydrogen-bond donors (Lipinski definition) is 1. The van der Waals surface area contributed by atoms with Gasteiger partial charge in [0, 0.05) is 28.8 Å². The maximum atomic E-state index is 11.9.